The second-order valence-corrected chi connectivity index (χ2v) is 5.86. The summed E-state index contributed by atoms with van der Waals surface area (Å²) in [5, 5.41) is 10.3. The van der Waals surface area contributed by atoms with Gasteiger partial charge in [0, 0.05) is 5.69 Å². The Morgan fingerprint density at radius 2 is 2.14 bits per heavy atom. The first-order valence-corrected chi connectivity index (χ1v) is 7.69. The number of carbonyl (C=O) groups is 1. The van der Waals surface area contributed by atoms with Crippen molar-refractivity contribution in [2.75, 3.05) is 16.9 Å². The van der Waals surface area contributed by atoms with Crippen LogP contribution in [0.1, 0.15) is 25.3 Å². The lowest BCUT2D eigenvalue weighted by Crippen LogP contribution is -2.30. The molecule has 1 aromatic carbocycles. The van der Waals surface area contributed by atoms with Crippen LogP contribution < -0.4 is 16.7 Å². The number of anilines is 1. The third kappa shape index (κ3) is 3.85. The van der Waals surface area contributed by atoms with Gasteiger partial charge in [0.1, 0.15) is 6.20 Å². The number of nitrogen functional groups attached to an aromatic ring is 1. The molecule has 3 N–H and O–H groups in total. The zero-order chi connectivity index (χ0) is 16.1. The number of nitrogens with one attached hydrogen (secondary N) is 1. The van der Waals surface area contributed by atoms with Gasteiger partial charge < -0.3 is 11.2 Å². The van der Waals surface area contributed by atoms with Gasteiger partial charge in [-0.3, -0.25) is 9.59 Å². The van der Waals surface area contributed by atoms with Gasteiger partial charge in [0.15, 0.2) is 0 Å². The normalized spacial score (nSPS) is 10.7. The van der Waals surface area contributed by atoms with Crippen LogP contribution in [0.3, 0.4) is 0 Å². The molecule has 1 aromatic heterocycles. The molecule has 0 fully saturated rings. The number of aromatic nitrogens is 3. The van der Waals surface area contributed by atoms with E-state index in [4.69, 9.17) is 5.84 Å². The van der Waals surface area contributed by atoms with E-state index in [1.807, 2.05) is 24.3 Å². The van der Waals surface area contributed by atoms with Crippen LogP contribution in [0.2, 0.25) is 0 Å². The smallest absolute Gasteiger partial charge is 0.291 e. The average Bonchev–Trinajstić information content (AvgIpc) is 2.49. The van der Waals surface area contributed by atoms with Crippen LogP contribution >= 0.6 is 11.8 Å². The van der Waals surface area contributed by atoms with Crippen molar-refractivity contribution >= 4 is 23.4 Å². The van der Waals surface area contributed by atoms with E-state index < -0.39 is 5.56 Å². The molecule has 116 valence electrons. The molecule has 0 aliphatic carbocycles. The maximum absolute atomic E-state index is 12.0. The van der Waals surface area contributed by atoms with Crippen LogP contribution in [0.15, 0.2) is 40.4 Å². The molecule has 1 heterocycles. The number of hydrogen-bond acceptors (Lipinski definition) is 6. The highest BCUT2D eigenvalue weighted by Crippen LogP contribution is 2.24. The summed E-state index contributed by atoms with van der Waals surface area (Å²) in [6.07, 6.45) is 1.02. The summed E-state index contributed by atoms with van der Waals surface area (Å²) in [4.78, 5) is 23.4. The molecule has 0 radical (unpaired) electrons. The Hall–Kier alpha value is -2.35. The molecule has 2 aromatic rings. The Balaban J connectivity index is 2.02. The summed E-state index contributed by atoms with van der Waals surface area (Å²) in [5.74, 6) is 5.73. The van der Waals surface area contributed by atoms with E-state index in [0.717, 1.165) is 33.9 Å². The first-order valence-electron chi connectivity index (χ1n) is 6.70. The molecule has 1 amide bonds. The Morgan fingerprint density at radius 3 is 2.86 bits per heavy atom. The zero-order valence-corrected chi connectivity index (χ0v) is 13.1. The molecule has 0 saturated carbocycles. The average molecular weight is 319 g/mol. The van der Waals surface area contributed by atoms with Crippen LogP contribution in [-0.4, -0.2) is 26.5 Å². The van der Waals surface area contributed by atoms with Gasteiger partial charge in [0.25, 0.3) is 5.56 Å². The van der Waals surface area contributed by atoms with Crippen LogP contribution in [-0.2, 0) is 4.79 Å². The van der Waals surface area contributed by atoms with Gasteiger partial charge in [-0.1, -0.05) is 43.8 Å². The minimum Gasteiger partial charge on any atom is -0.334 e. The van der Waals surface area contributed by atoms with E-state index in [1.165, 1.54) is 0 Å². The third-order valence-electron chi connectivity index (χ3n) is 2.94. The Labute approximate surface area is 131 Å². The Kier molecular flexibility index (Phi) is 5.16. The number of hydrogen-bond donors (Lipinski definition) is 2. The van der Waals surface area contributed by atoms with Gasteiger partial charge in [0.05, 0.1) is 5.75 Å². The highest BCUT2D eigenvalue weighted by atomic mass is 32.2. The molecule has 2 rings (SSSR count). The van der Waals surface area contributed by atoms with E-state index in [0.29, 0.717) is 5.92 Å². The summed E-state index contributed by atoms with van der Waals surface area (Å²) in [7, 11) is 0. The molecule has 0 bridgehead atoms. The topological polar surface area (TPSA) is 103 Å². The van der Waals surface area contributed by atoms with Crippen LogP contribution in [0, 0.1) is 0 Å². The second kappa shape index (κ2) is 7.08. The van der Waals surface area contributed by atoms with Gasteiger partial charge in [-0.15, -0.1) is 5.10 Å². The molecule has 7 nitrogen and oxygen atoms in total. The van der Waals surface area contributed by atoms with Crippen LogP contribution in [0.25, 0.3) is 0 Å². The van der Waals surface area contributed by atoms with E-state index in [-0.39, 0.29) is 16.8 Å². The fraction of sp³-hybridized carbons (Fsp3) is 0.286. The molecular weight excluding hydrogens is 302 g/mol. The number of nitrogens with two attached hydrogens (primary N) is 1. The van der Waals surface area contributed by atoms with Crippen molar-refractivity contribution in [2.45, 2.75) is 24.9 Å². The lowest BCUT2D eigenvalue weighted by atomic mass is 10.0. The summed E-state index contributed by atoms with van der Waals surface area (Å²) < 4.78 is 0.868. The van der Waals surface area contributed by atoms with E-state index >= 15 is 0 Å². The quantitative estimate of drug-likeness (QED) is 0.634. The highest BCUT2D eigenvalue weighted by molar-refractivity contribution is 7.99. The van der Waals surface area contributed by atoms with Crippen LogP contribution in [0.5, 0.6) is 0 Å². The molecule has 8 heteroatoms. The van der Waals surface area contributed by atoms with Gasteiger partial charge in [0.2, 0.25) is 11.1 Å². The van der Waals surface area contributed by atoms with Gasteiger partial charge in [-0.05, 0) is 17.5 Å². The number of rotatable bonds is 5. The molecule has 0 aliphatic heterocycles. The van der Waals surface area contributed by atoms with Crippen molar-refractivity contribution in [2.24, 2.45) is 0 Å². The number of nitrogens with zero attached hydrogens (tertiary/aromatic N) is 3. The standard InChI is InChI=1S/C14H17N5O2S/c1-9(2)10-5-3-4-6-11(10)17-12(20)8-22-14-18-16-7-13(21)19(14)15/h3-7,9H,8,15H2,1-2H3,(H,17,20). The van der Waals surface area contributed by atoms with Gasteiger partial charge in [-0.25, -0.2) is 0 Å². The summed E-state index contributed by atoms with van der Waals surface area (Å²) >= 11 is 1.06. The van der Waals surface area contributed by atoms with Crippen LogP contribution in [0.4, 0.5) is 5.69 Å². The lowest BCUT2D eigenvalue weighted by molar-refractivity contribution is -0.113. The van der Waals surface area contributed by atoms with Crippen molar-refractivity contribution in [3.05, 3.63) is 46.4 Å². The molecule has 0 saturated heterocycles. The Bertz CT molecular complexity index is 729. The van der Waals surface area contributed by atoms with Crippen molar-refractivity contribution in [3.63, 3.8) is 0 Å². The SMILES string of the molecule is CC(C)c1ccccc1NC(=O)CSc1nncc(=O)n1N. The predicted octanol–water partition coefficient (Wildman–Crippen LogP) is 1.21. The Morgan fingerprint density at radius 1 is 1.41 bits per heavy atom. The number of thioether (sulfide) groups is 1. The van der Waals surface area contributed by atoms with Crippen molar-refractivity contribution < 1.29 is 4.79 Å². The molecule has 0 aliphatic rings. The zero-order valence-electron chi connectivity index (χ0n) is 12.3. The minimum absolute atomic E-state index is 0.0851. The molecular formula is C14H17N5O2S. The van der Waals surface area contributed by atoms with Crippen molar-refractivity contribution in [3.8, 4) is 0 Å². The van der Waals surface area contributed by atoms with Gasteiger partial charge >= 0.3 is 0 Å². The van der Waals surface area contributed by atoms with Gasteiger partial charge in [-0.2, -0.15) is 9.77 Å². The number of amides is 1. The molecule has 0 spiro atoms. The van der Waals surface area contributed by atoms with E-state index in [2.05, 4.69) is 29.4 Å². The number of carbonyl (C=O) groups excluding carboxylic acids is 1. The lowest BCUT2D eigenvalue weighted by Gasteiger charge is -2.13. The fourth-order valence-corrected chi connectivity index (χ4v) is 2.53. The highest BCUT2D eigenvalue weighted by Gasteiger charge is 2.11. The number of benzene rings is 1. The second-order valence-electron chi connectivity index (χ2n) is 4.91. The van der Waals surface area contributed by atoms with E-state index in [9.17, 15) is 9.59 Å². The fourth-order valence-electron chi connectivity index (χ4n) is 1.86. The van der Waals surface area contributed by atoms with Crippen molar-refractivity contribution in [1.82, 2.24) is 14.9 Å². The summed E-state index contributed by atoms with van der Waals surface area (Å²) in [5.41, 5.74) is 1.38. The first kappa shape index (κ1) is 16.0. The molecule has 0 unspecified atom stereocenters. The van der Waals surface area contributed by atoms with E-state index in [1.54, 1.807) is 0 Å². The maximum Gasteiger partial charge on any atom is 0.291 e. The summed E-state index contributed by atoms with van der Waals surface area (Å²) in [6, 6.07) is 7.65. The third-order valence-corrected chi connectivity index (χ3v) is 3.89. The monoisotopic (exact) mass is 319 g/mol. The van der Waals surface area contributed by atoms with Crippen molar-refractivity contribution in [1.29, 1.82) is 0 Å². The molecule has 22 heavy (non-hydrogen) atoms. The minimum atomic E-state index is -0.469. The molecule has 0 atom stereocenters. The maximum atomic E-state index is 12.0. The predicted molar refractivity (Wildman–Crippen MR) is 86.3 cm³/mol. The largest absolute Gasteiger partial charge is 0.334 e. The number of para-hydroxylation sites is 1. The first-order chi connectivity index (χ1) is 10.5. The summed E-state index contributed by atoms with van der Waals surface area (Å²) in [6.45, 7) is 4.12.